The molecule has 0 aromatic heterocycles. The summed E-state index contributed by atoms with van der Waals surface area (Å²) in [6, 6.07) is 0. The molecule has 2 rings (SSSR count). The molecule has 2 aliphatic rings. The van der Waals surface area contributed by atoms with Gasteiger partial charge in [-0.15, -0.1) is 0 Å². The number of rotatable bonds is 6. The van der Waals surface area contributed by atoms with E-state index in [2.05, 4.69) is 33.9 Å². The van der Waals surface area contributed by atoms with Crippen LogP contribution in [-0.2, 0) is 18.6 Å². The maximum absolute atomic E-state index is 10.3. The van der Waals surface area contributed by atoms with Gasteiger partial charge in [0, 0.05) is 0 Å². The van der Waals surface area contributed by atoms with E-state index in [1.165, 1.54) is 12.3 Å². The van der Waals surface area contributed by atoms with Crippen LogP contribution in [0.25, 0.3) is 0 Å². The molecular formula is C18H34O9Si. The highest BCUT2D eigenvalue weighted by Crippen LogP contribution is 2.37. The fourth-order valence-corrected chi connectivity index (χ4v) is 3.79. The summed E-state index contributed by atoms with van der Waals surface area (Å²) in [5, 5.41) is 50.3. The zero-order chi connectivity index (χ0) is 21.3. The minimum absolute atomic E-state index is 0.0222. The van der Waals surface area contributed by atoms with Crippen molar-refractivity contribution < 1.29 is 44.2 Å². The molecule has 2 aliphatic heterocycles. The molecule has 2 heterocycles. The highest BCUT2D eigenvalue weighted by molar-refractivity contribution is 6.74. The average Bonchev–Trinajstić information content (AvgIpc) is 2.61. The second kappa shape index (κ2) is 9.07. The van der Waals surface area contributed by atoms with E-state index in [1.54, 1.807) is 0 Å². The Morgan fingerprint density at radius 2 is 1.64 bits per heavy atom. The van der Waals surface area contributed by atoms with Crippen molar-refractivity contribution in [2.75, 3.05) is 13.2 Å². The zero-order valence-corrected chi connectivity index (χ0v) is 18.1. The van der Waals surface area contributed by atoms with E-state index in [1.807, 2.05) is 0 Å². The Morgan fingerprint density at radius 1 is 1.00 bits per heavy atom. The number of aliphatic hydroxyl groups is 5. The van der Waals surface area contributed by atoms with E-state index in [-0.39, 0.29) is 11.6 Å². The lowest BCUT2D eigenvalue weighted by Gasteiger charge is -2.44. The Kier molecular flexibility index (Phi) is 7.68. The molecule has 5 N–H and O–H groups in total. The van der Waals surface area contributed by atoms with Gasteiger partial charge in [-0.1, -0.05) is 20.8 Å². The van der Waals surface area contributed by atoms with Gasteiger partial charge in [0.2, 0.25) is 0 Å². The minimum Gasteiger partial charge on any atom is -0.493 e. The molecule has 9 nitrogen and oxygen atoms in total. The molecule has 0 unspecified atom stereocenters. The molecule has 10 heteroatoms. The molecule has 0 aromatic carbocycles. The zero-order valence-electron chi connectivity index (χ0n) is 17.1. The van der Waals surface area contributed by atoms with E-state index in [0.717, 1.165) is 0 Å². The fourth-order valence-electron chi connectivity index (χ4n) is 2.78. The molecule has 0 bridgehead atoms. The molecule has 0 spiro atoms. The van der Waals surface area contributed by atoms with Crippen LogP contribution < -0.4 is 0 Å². The van der Waals surface area contributed by atoms with Crippen LogP contribution in [0.2, 0.25) is 18.1 Å². The topological polar surface area (TPSA) is 138 Å². The smallest absolute Gasteiger partial charge is 0.192 e. The van der Waals surface area contributed by atoms with Gasteiger partial charge in [0.15, 0.2) is 14.6 Å². The lowest BCUT2D eigenvalue weighted by molar-refractivity contribution is -0.323. The number of aliphatic hydroxyl groups excluding tert-OH is 5. The average molecular weight is 423 g/mol. The maximum Gasteiger partial charge on any atom is 0.192 e. The Labute approximate surface area is 166 Å². The van der Waals surface area contributed by atoms with Crippen molar-refractivity contribution in [3.8, 4) is 0 Å². The minimum atomic E-state index is -2.13. The molecule has 0 aliphatic carbocycles. The van der Waals surface area contributed by atoms with Crippen LogP contribution in [0.5, 0.6) is 0 Å². The van der Waals surface area contributed by atoms with Crippen LogP contribution >= 0.6 is 0 Å². The molecule has 164 valence electrons. The Balaban J connectivity index is 2.08. The van der Waals surface area contributed by atoms with Crippen LogP contribution in [-0.4, -0.2) is 96.1 Å². The molecule has 1 fully saturated rings. The highest BCUT2D eigenvalue weighted by atomic mass is 28.4. The lowest BCUT2D eigenvalue weighted by atomic mass is 9.99. The highest BCUT2D eigenvalue weighted by Gasteiger charge is 2.48. The second-order valence-electron chi connectivity index (χ2n) is 8.86. The Hall–Kier alpha value is -0.563. The summed E-state index contributed by atoms with van der Waals surface area (Å²) in [5.74, 6) is 0. The molecule has 1 saturated heterocycles. The van der Waals surface area contributed by atoms with Crippen LogP contribution in [0.15, 0.2) is 12.3 Å². The fraction of sp³-hybridized carbons (Fsp3) is 0.889. The summed E-state index contributed by atoms with van der Waals surface area (Å²) >= 11 is 0. The third kappa shape index (κ3) is 5.13. The number of ether oxygens (including phenoxy) is 3. The standard InChI is InChI=1S/C18H34O9Si/c1-18(2,3)28(4,5)25-9-12-13(21)14(22)15(23)17(26-12)27-16-10(20)6-7-24-11(16)8-19/h6-7,10-17,19-23H,8-9H2,1-5H3/t10-,11-,12-,13+,14+,15-,16+,17+/m1/s1. The molecule has 0 radical (unpaired) electrons. The maximum atomic E-state index is 10.3. The van der Waals surface area contributed by atoms with Gasteiger partial charge in [0.25, 0.3) is 0 Å². The summed E-state index contributed by atoms with van der Waals surface area (Å²) in [6.45, 7) is 9.94. The molecular weight excluding hydrogens is 388 g/mol. The summed E-state index contributed by atoms with van der Waals surface area (Å²) in [4.78, 5) is 0. The predicted octanol–water partition coefficient (Wildman–Crippen LogP) is -0.533. The van der Waals surface area contributed by atoms with E-state index >= 15 is 0 Å². The van der Waals surface area contributed by atoms with Gasteiger partial charge in [0.05, 0.1) is 19.5 Å². The molecule has 0 aromatic rings. The number of hydrogen-bond donors (Lipinski definition) is 5. The van der Waals surface area contributed by atoms with Gasteiger partial charge in [0.1, 0.15) is 42.7 Å². The first kappa shape index (κ1) is 23.7. The van der Waals surface area contributed by atoms with Crippen molar-refractivity contribution in [3.63, 3.8) is 0 Å². The summed E-state index contributed by atoms with van der Waals surface area (Å²) in [7, 11) is -2.13. The largest absolute Gasteiger partial charge is 0.493 e. The van der Waals surface area contributed by atoms with E-state index in [0.29, 0.717) is 0 Å². The first-order valence-electron chi connectivity index (χ1n) is 9.49. The van der Waals surface area contributed by atoms with Crippen molar-refractivity contribution in [1.82, 2.24) is 0 Å². The van der Waals surface area contributed by atoms with Gasteiger partial charge in [-0.25, -0.2) is 0 Å². The molecule has 0 saturated carbocycles. The first-order valence-corrected chi connectivity index (χ1v) is 12.4. The van der Waals surface area contributed by atoms with Crippen molar-refractivity contribution in [2.24, 2.45) is 0 Å². The van der Waals surface area contributed by atoms with Crippen LogP contribution in [0.3, 0.4) is 0 Å². The quantitative estimate of drug-likeness (QED) is 0.357. The summed E-state index contributed by atoms with van der Waals surface area (Å²) < 4.78 is 22.6. The Bertz CT molecular complexity index is 536. The molecule has 28 heavy (non-hydrogen) atoms. The lowest BCUT2D eigenvalue weighted by Crippen LogP contribution is -2.62. The second-order valence-corrected chi connectivity index (χ2v) is 13.7. The first-order chi connectivity index (χ1) is 12.9. The Morgan fingerprint density at radius 3 is 2.21 bits per heavy atom. The van der Waals surface area contributed by atoms with Crippen molar-refractivity contribution in [3.05, 3.63) is 12.3 Å². The van der Waals surface area contributed by atoms with Gasteiger partial charge < -0.3 is 44.2 Å². The van der Waals surface area contributed by atoms with Crippen LogP contribution in [0.4, 0.5) is 0 Å². The van der Waals surface area contributed by atoms with E-state index in [9.17, 15) is 25.5 Å². The van der Waals surface area contributed by atoms with Gasteiger partial charge in [-0.05, 0) is 24.2 Å². The van der Waals surface area contributed by atoms with Crippen molar-refractivity contribution in [2.45, 2.75) is 87.9 Å². The molecule has 8 atom stereocenters. The van der Waals surface area contributed by atoms with E-state index < -0.39 is 63.9 Å². The van der Waals surface area contributed by atoms with Gasteiger partial charge in [-0.3, -0.25) is 0 Å². The molecule has 0 amide bonds. The third-order valence-corrected chi connectivity index (χ3v) is 10.3. The normalized spacial score (nSPS) is 39.6. The monoisotopic (exact) mass is 422 g/mol. The SMILES string of the molecule is CC(C)(C)[Si](C)(C)OC[C@H]1O[C@@H](O[C@H]2[C@H](O)C=CO[C@@H]2CO)[C@H](O)[C@@H](O)[C@H]1O. The van der Waals surface area contributed by atoms with Crippen LogP contribution in [0.1, 0.15) is 20.8 Å². The predicted molar refractivity (Wildman–Crippen MR) is 102 cm³/mol. The van der Waals surface area contributed by atoms with Crippen molar-refractivity contribution in [1.29, 1.82) is 0 Å². The van der Waals surface area contributed by atoms with Crippen LogP contribution in [0, 0.1) is 0 Å². The van der Waals surface area contributed by atoms with E-state index in [4.69, 9.17) is 18.6 Å². The summed E-state index contributed by atoms with van der Waals surface area (Å²) in [5.41, 5.74) is 0. The van der Waals surface area contributed by atoms with Gasteiger partial charge >= 0.3 is 0 Å². The number of hydrogen-bond acceptors (Lipinski definition) is 9. The third-order valence-electron chi connectivity index (χ3n) is 5.79. The van der Waals surface area contributed by atoms with Gasteiger partial charge in [-0.2, -0.15) is 0 Å². The summed E-state index contributed by atoms with van der Waals surface area (Å²) in [6.07, 6.45) is -7.05. The van der Waals surface area contributed by atoms with Crippen molar-refractivity contribution >= 4 is 8.32 Å².